The monoisotopic (exact) mass is 293 g/mol. The Balaban J connectivity index is 3.11. The van der Waals surface area contributed by atoms with Gasteiger partial charge in [-0.3, -0.25) is 4.79 Å². The lowest BCUT2D eigenvalue weighted by Crippen LogP contribution is -2.39. The van der Waals surface area contributed by atoms with Crippen LogP contribution in [0.25, 0.3) is 0 Å². The minimum atomic E-state index is 0.0165. The Hall–Kier alpha value is -1.62. The predicted octanol–water partition coefficient (Wildman–Crippen LogP) is 2.74. The molecule has 0 spiro atoms. The molecule has 1 amide bonds. The highest BCUT2D eigenvalue weighted by atomic mass is 16.5. The van der Waals surface area contributed by atoms with Gasteiger partial charge in [-0.1, -0.05) is 13.8 Å². The summed E-state index contributed by atoms with van der Waals surface area (Å²) in [6, 6.07) is 3.81. The highest BCUT2D eigenvalue weighted by Crippen LogP contribution is 2.19. The maximum absolute atomic E-state index is 12.7. The summed E-state index contributed by atoms with van der Waals surface area (Å²) in [6.07, 6.45) is 0. The first-order valence-electron chi connectivity index (χ1n) is 7.40. The second-order valence-corrected chi connectivity index (χ2v) is 5.66. The third-order valence-corrected chi connectivity index (χ3v) is 3.36. The molecule has 0 saturated carbocycles. The van der Waals surface area contributed by atoms with Gasteiger partial charge in [0, 0.05) is 38.0 Å². The summed E-state index contributed by atoms with van der Waals surface area (Å²) in [5.41, 5.74) is 1.59. The van der Waals surface area contributed by atoms with E-state index in [0.717, 1.165) is 11.5 Å². The van der Waals surface area contributed by atoms with Crippen molar-refractivity contribution in [2.45, 2.75) is 39.7 Å². The molecule has 0 saturated heterocycles. The van der Waals surface area contributed by atoms with Gasteiger partial charge >= 0.3 is 0 Å². The topological polar surface area (TPSA) is 54.5 Å². The Morgan fingerprint density at radius 2 is 2.00 bits per heavy atom. The third kappa shape index (κ3) is 4.70. The van der Waals surface area contributed by atoms with E-state index in [-0.39, 0.29) is 17.9 Å². The zero-order valence-electron chi connectivity index (χ0n) is 13.9. The molecule has 0 bridgehead atoms. The van der Waals surface area contributed by atoms with Crippen LogP contribution in [0.4, 0.5) is 5.82 Å². The van der Waals surface area contributed by atoms with Gasteiger partial charge < -0.3 is 15.0 Å². The molecule has 1 rings (SSSR count). The summed E-state index contributed by atoms with van der Waals surface area (Å²) in [6.45, 7) is 9.28. The van der Waals surface area contributed by atoms with Gasteiger partial charge in [-0.05, 0) is 31.9 Å². The van der Waals surface area contributed by atoms with Gasteiger partial charge in [-0.15, -0.1) is 0 Å². The Bertz CT molecular complexity index is 473. The number of aromatic nitrogens is 1. The van der Waals surface area contributed by atoms with E-state index in [2.05, 4.69) is 24.1 Å². The summed E-state index contributed by atoms with van der Waals surface area (Å²) in [4.78, 5) is 19.1. The first kappa shape index (κ1) is 17.4. The van der Waals surface area contributed by atoms with Gasteiger partial charge in [0.25, 0.3) is 5.91 Å². The fourth-order valence-electron chi connectivity index (χ4n) is 2.05. The highest BCUT2D eigenvalue weighted by Gasteiger charge is 2.20. The van der Waals surface area contributed by atoms with Crippen molar-refractivity contribution in [1.29, 1.82) is 0 Å². The minimum absolute atomic E-state index is 0.0165. The Kier molecular flexibility index (Phi) is 6.62. The van der Waals surface area contributed by atoms with E-state index in [1.54, 1.807) is 13.2 Å². The number of rotatable bonds is 7. The fourth-order valence-corrected chi connectivity index (χ4v) is 2.05. The number of anilines is 1. The van der Waals surface area contributed by atoms with Crippen LogP contribution in [-0.4, -0.2) is 49.1 Å². The van der Waals surface area contributed by atoms with Crippen molar-refractivity contribution in [2.24, 2.45) is 0 Å². The van der Waals surface area contributed by atoms with E-state index in [4.69, 9.17) is 4.74 Å². The quantitative estimate of drug-likeness (QED) is 0.840. The Labute approximate surface area is 127 Å². The van der Waals surface area contributed by atoms with Crippen molar-refractivity contribution in [3.05, 3.63) is 23.4 Å². The van der Waals surface area contributed by atoms with Crippen molar-refractivity contribution in [1.82, 2.24) is 9.88 Å². The molecule has 1 aromatic rings. The van der Waals surface area contributed by atoms with Gasteiger partial charge in [-0.2, -0.15) is 0 Å². The van der Waals surface area contributed by atoms with Crippen LogP contribution in [0.5, 0.6) is 0 Å². The summed E-state index contributed by atoms with van der Waals surface area (Å²) < 4.78 is 5.10. The molecule has 1 N–H and O–H groups in total. The first-order valence-corrected chi connectivity index (χ1v) is 7.40. The molecule has 5 nitrogen and oxygen atoms in total. The van der Waals surface area contributed by atoms with Crippen LogP contribution in [0.1, 0.15) is 49.7 Å². The molecule has 1 heterocycles. The van der Waals surface area contributed by atoms with Gasteiger partial charge in [0.05, 0.1) is 6.61 Å². The minimum Gasteiger partial charge on any atom is -0.383 e. The van der Waals surface area contributed by atoms with Crippen LogP contribution in [0.2, 0.25) is 0 Å². The number of amides is 1. The number of carbonyl (C=O) groups is 1. The molecular formula is C16H27N3O2. The Morgan fingerprint density at radius 3 is 2.48 bits per heavy atom. The van der Waals surface area contributed by atoms with Crippen molar-refractivity contribution >= 4 is 11.7 Å². The van der Waals surface area contributed by atoms with Crippen molar-refractivity contribution in [3.63, 3.8) is 0 Å². The standard InChI is InChI=1S/C16H27N3O2/c1-11(2)14-9-13(10-15(17-5)18-14)16(20)19(12(3)4)7-8-21-6/h9-12H,7-8H2,1-6H3,(H,17,18). The molecule has 0 aliphatic rings. The van der Waals surface area contributed by atoms with Crippen molar-refractivity contribution < 1.29 is 9.53 Å². The number of ether oxygens (including phenoxy) is 1. The average Bonchev–Trinajstić information content (AvgIpc) is 2.46. The molecule has 21 heavy (non-hydrogen) atoms. The van der Waals surface area contributed by atoms with Gasteiger partial charge in [0.2, 0.25) is 0 Å². The molecule has 0 unspecified atom stereocenters. The molecule has 0 fully saturated rings. The first-order chi connectivity index (χ1) is 9.90. The molecule has 0 radical (unpaired) electrons. The maximum atomic E-state index is 12.7. The van der Waals surface area contributed by atoms with Crippen LogP contribution in [-0.2, 0) is 4.74 Å². The van der Waals surface area contributed by atoms with E-state index in [1.807, 2.05) is 31.9 Å². The van der Waals surface area contributed by atoms with Gasteiger partial charge in [-0.25, -0.2) is 4.98 Å². The Morgan fingerprint density at radius 1 is 1.33 bits per heavy atom. The lowest BCUT2D eigenvalue weighted by molar-refractivity contribution is 0.0635. The van der Waals surface area contributed by atoms with Crippen molar-refractivity contribution in [3.8, 4) is 0 Å². The number of hydrogen-bond acceptors (Lipinski definition) is 4. The van der Waals surface area contributed by atoms with E-state index in [1.165, 1.54) is 0 Å². The number of nitrogens with zero attached hydrogens (tertiary/aromatic N) is 2. The van der Waals surface area contributed by atoms with Gasteiger partial charge in [0.1, 0.15) is 5.82 Å². The van der Waals surface area contributed by atoms with Gasteiger partial charge in [0.15, 0.2) is 0 Å². The summed E-state index contributed by atoms with van der Waals surface area (Å²) in [7, 11) is 3.46. The van der Waals surface area contributed by atoms with E-state index >= 15 is 0 Å². The lowest BCUT2D eigenvalue weighted by Gasteiger charge is -2.27. The molecule has 0 atom stereocenters. The smallest absolute Gasteiger partial charge is 0.254 e. The second-order valence-electron chi connectivity index (χ2n) is 5.66. The van der Waals surface area contributed by atoms with E-state index in [0.29, 0.717) is 18.7 Å². The van der Waals surface area contributed by atoms with Crippen LogP contribution in [0, 0.1) is 0 Å². The maximum Gasteiger partial charge on any atom is 0.254 e. The molecule has 118 valence electrons. The largest absolute Gasteiger partial charge is 0.383 e. The number of methoxy groups -OCH3 is 1. The molecule has 5 heteroatoms. The van der Waals surface area contributed by atoms with Crippen LogP contribution in [0.15, 0.2) is 12.1 Å². The zero-order chi connectivity index (χ0) is 16.0. The van der Waals surface area contributed by atoms with Crippen LogP contribution < -0.4 is 5.32 Å². The fraction of sp³-hybridized carbons (Fsp3) is 0.625. The molecule has 1 aromatic heterocycles. The predicted molar refractivity (Wildman–Crippen MR) is 85.9 cm³/mol. The number of hydrogen-bond donors (Lipinski definition) is 1. The van der Waals surface area contributed by atoms with E-state index in [9.17, 15) is 4.79 Å². The van der Waals surface area contributed by atoms with Crippen molar-refractivity contribution in [2.75, 3.05) is 32.6 Å². The van der Waals surface area contributed by atoms with E-state index < -0.39 is 0 Å². The summed E-state index contributed by atoms with van der Waals surface area (Å²) >= 11 is 0. The average molecular weight is 293 g/mol. The zero-order valence-corrected chi connectivity index (χ0v) is 13.9. The number of nitrogens with one attached hydrogen (secondary N) is 1. The number of pyridine rings is 1. The van der Waals surface area contributed by atoms with Crippen LogP contribution >= 0.6 is 0 Å². The SMILES string of the molecule is CNc1cc(C(=O)N(CCOC)C(C)C)cc(C(C)C)n1. The lowest BCUT2D eigenvalue weighted by atomic mass is 10.1. The molecule has 0 aliphatic heterocycles. The summed E-state index contributed by atoms with van der Waals surface area (Å²) in [5, 5.41) is 3.02. The second kappa shape index (κ2) is 7.98. The molecular weight excluding hydrogens is 266 g/mol. The third-order valence-electron chi connectivity index (χ3n) is 3.36. The normalized spacial score (nSPS) is 11.0. The molecule has 0 aromatic carbocycles. The highest BCUT2D eigenvalue weighted by molar-refractivity contribution is 5.95. The van der Waals surface area contributed by atoms with Crippen LogP contribution in [0.3, 0.4) is 0 Å². The summed E-state index contributed by atoms with van der Waals surface area (Å²) in [5.74, 6) is 1.01. The number of carbonyl (C=O) groups excluding carboxylic acids is 1. The molecule has 0 aliphatic carbocycles.